The van der Waals surface area contributed by atoms with Crippen LogP contribution in [0.2, 0.25) is 5.02 Å². The molecule has 3 heterocycles. The summed E-state index contributed by atoms with van der Waals surface area (Å²) in [5.41, 5.74) is 8.97. The lowest BCUT2D eigenvalue weighted by Gasteiger charge is -2.27. The fourth-order valence-corrected chi connectivity index (χ4v) is 3.63. The molecule has 2 aliphatic rings. The highest BCUT2D eigenvalue weighted by molar-refractivity contribution is 7.98. The largest absolute Gasteiger partial charge is 0.456 e. The highest BCUT2D eigenvalue weighted by Gasteiger charge is 2.40. The second-order valence-corrected chi connectivity index (χ2v) is 6.65. The molecule has 1 aromatic carbocycles. The zero-order valence-corrected chi connectivity index (χ0v) is 14.2. The Labute approximate surface area is 147 Å². The Hall–Kier alpha value is -2.25. The van der Waals surface area contributed by atoms with Crippen LogP contribution in [0.5, 0.6) is 0 Å². The van der Waals surface area contributed by atoms with E-state index >= 15 is 0 Å². The average Bonchev–Trinajstić information content (AvgIpc) is 2.93. The molecule has 8 heteroatoms. The lowest BCUT2D eigenvalue weighted by Crippen LogP contribution is -2.23. The Morgan fingerprint density at radius 3 is 3.00 bits per heavy atom. The minimum absolute atomic E-state index is 0.198. The summed E-state index contributed by atoms with van der Waals surface area (Å²) in [7, 11) is 0. The molecule has 0 radical (unpaired) electrons. The molecular weight excluding hydrogens is 348 g/mol. The Kier molecular flexibility index (Phi) is 3.62. The molecule has 0 aliphatic carbocycles. The van der Waals surface area contributed by atoms with Gasteiger partial charge in [-0.2, -0.15) is 0 Å². The number of nitrogens with two attached hydrogens (primary N) is 1. The lowest BCUT2D eigenvalue weighted by molar-refractivity contribution is -0.136. The summed E-state index contributed by atoms with van der Waals surface area (Å²) in [5.74, 6) is 0.185. The standard InChI is InChI=1S/C16H13ClN4O2S/c1-24-16-20-13(18)12-10(7-3-2-4-8(17)5-7)11-9(6-23-15(11)22)19-14(12)21-16/h2-5,10H,6H2,1H3,(H3,18,19,20,21)/t10-/m1/s1. The highest BCUT2D eigenvalue weighted by Crippen LogP contribution is 2.46. The summed E-state index contributed by atoms with van der Waals surface area (Å²) in [6.07, 6.45) is 1.88. The Morgan fingerprint density at radius 2 is 2.25 bits per heavy atom. The van der Waals surface area contributed by atoms with Crippen LogP contribution in [0.15, 0.2) is 40.7 Å². The van der Waals surface area contributed by atoms with E-state index in [1.165, 1.54) is 11.8 Å². The molecule has 3 N–H and O–H groups in total. The molecular formula is C16H13ClN4O2S. The van der Waals surface area contributed by atoms with Crippen molar-refractivity contribution in [3.63, 3.8) is 0 Å². The minimum atomic E-state index is -0.402. The van der Waals surface area contributed by atoms with Crippen molar-refractivity contribution >= 4 is 41.0 Å². The maximum atomic E-state index is 12.3. The van der Waals surface area contributed by atoms with Crippen molar-refractivity contribution in [3.8, 4) is 0 Å². The van der Waals surface area contributed by atoms with Crippen molar-refractivity contribution in [2.24, 2.45) is 0 Å². The number of ether oxygens (including phenoxy) is 1. The van der Waals surface area contributed by atoms with Crippen LogP contribution in [0.4, 0.5) is 11.6 Å². The molecule has 0 unspecified atom stereocenters. The van der Waals surface area contributed by atoms with Crippen molar-refractivity contribution in [3.05, 3.63) is 51.7 Å². The molecule has 1 aromatic heterocycles. The van der Waals surface area contributed by atoms with Gasteiger partial charge in [0.05, 0.1) is 17.2 Å². The van der Waals surface area contributed by atoms with E-state index in [2.05, 4.69) is 15.3 Å². The van der Waals surface area contributed by atoms with E-state index in [9.17, 15) is 4.79 Å². The average molecular weight is 361 g/mol. The number of carbonyl (C=O) groups is 1. The first-order valence-electron chi connectivity index (χ1n) is 7.22. The predicted molar refractivity (Wildman–Crippen MR) is 93.1 cm³/mol. The second kappa shape index (κ2) is 5.68. The number of nitrogen functional groups attached to an aromatic ring is 1. The van der Waals surface area contributed by atoms with E-state index in [0.717, 1.165) is 5.56 Å². The van der Waals surface area contributed by atoms with Crippen LogP contribution in [0, 0.1) is 0 Å². The van der Waals surface area contributed by atoms with Crippen molar-refractivity contribution in [2.45, 2.75) is 11.1 Å². The van der Waals surface area contributed by atoms with Crippen molar-refractivity contribution in [2.75, 3.05) is 23.9 Å². The number of hydrogen-bond acceptors (Lipinski definition) is 7. The Bertz CT molecular complexity index is 900. The van der Waals surface area contributed by atoms with Gasteiger partial charge < -0.3 is 15.8 Å². The highest BCUT2D eigenvalue weighted by atomic mass is 35.5. The smallest absolute Gasteiger partial charge is 0.337 e. The number of benzene rings is 1. The number of aromatic nitrogens is 2. The van der Waals surface area contributed by atoms with Gasteiger partial charge in [0.2, 0.25) is 0 Å². The first-order valence-corrected chi connectivity index (χ1v) is 8.83. The number of thioether (sulfide) groups is 1. The molecule has 0 amide bonds. The molecule has 6 nitrogen and oxygen atoms in total. The molecule has 0 saturated carbocycles. The van der Waals surface area contributed by atoms with Crippen LogP contribution in [0.1, 0.15) is 17.0 Å². The van der Waals surface area contributed by atoms with Crippen LogP contribution in [0.25, 0.3) is 0 Å². The molecule has 2 aromatic rings. The van der Waals surface area contributed by atoms with E-state index < -0.39 is 5.92 Å². The van der Waals surface area contributed by atoms with Crippen LogP contribution in [0.3, 0.4) is 0 Å². The van der Waals surface area contributed by atoms with Gasteiger partial charge in [0.1, 0.15) is 18.2 Å². The number of nitrogens with zero attached hydrogens (tertiary/aromatic N) is 2. The molecule has 0 spiro atoms. The quantitative estimate of drug-likeness (QED) is 0.483. The number of hydrogen-bond donors (Lipinski definition) is 2. The van der Waals surface area contributed by atoms with Crippen molar-refractivity contribution < 1.29 is 9.53 Å². The van der Waals surface area contributed by atoms with E-state index in [4.69, 9.17) is 22.1 Å². The van der Waals surface area contributed by atoms with Gasteiger partial charge in [-0.05, 0) is 24.0 Å². The molecule has 122 valence electrons. The van der Waals surface area contributed by atoms with Gasteiger partial charge in [0, 0.05) is 10.6 Å². The Morgan fingerprint density at radius 1 is 1.42 bits per heavy atom. The monoisotopic (exact) mass is 360 g/mol. The van der Waals surface area contributed by atoms with Gasteiger partial charge in [-0.3, -0.25) is 0 Å². The fraction of sp³-hybridized carbons (Fsp3) is 0.188. The molecule has 24 heavy (non-hydrogen) atoms. The summed E-state index contributed by atoms with van der Waals surface area (Å²) in [6.45, 7) is 0.198. The van der Waals surface area contributed by atoms with E-state index in [1.54, 1.807) is 6.07 Å². The van der Waals surface area contributed by atoms with Crippen LogP contribution < -0.4 is 11.1 Å². The number of cyclic esters (lactones) is 1. The Balaban J connectivity index is 1.97. The third kappa shape index (κ3) is 2.32. The number of fused-ring (bicyclic) bond motifs is 1. The zero-order valence-electron chi connectivity index (χ0n) is 12.7. The summed E-state index contributed by atoms with van der Waals surface area (Å²) in [5, 5.41) is 4.33. The van der Waals surface area contributed by atoms with Gasteiger partial charge in [-0.15, -0.1) is 0 Å². The van der Waals surface area contributed by atoms with Crippen LogP contribution in [-0.2, 0) is 9.53 Å². The first-order chi connectivity index (χ1) is 11.6. The van der Waals surface area contributed by atoms with E-state index in [0.29, 0.717) is 38.6 Å². The third-order valence-corrected chi connectivity index (χ3v) is 4.84. The summed E-state index contributed by atoms with van der Waals surface area (Å²) in [6, 6.07) is 7.35. The van der Waals surface area contributed by atoms with E-state index in [1.807, 2.05) is 24.5 Å². The molecule has 1 atom stereocenters. The number of carbonyl (C=O) groups excluding carboxylic acids is 1. The maximum absolute atomic E-state index is 12.3. The number of anilines is 2. The summed E-state index contributed by atoms with van der Waals surface area (Å²) in [4.78, 5) is 21.1. The molecule has 4 rings (SSSR count). The van der Waals surface area contributed by atoms with Crippen LogP contribution in [-0.4, -0.2) is 28.8 Å². The SMILES string of the molecule is CSc1nc(N)c2c(n1)NC1=C(C(=O)OC1)[C@H]2c1cccc(Cl)c1. The predicted octanol–water partition coefficient (Wildman–Crippen LogP) is 2.80. The summed E-state index contributed by atoms with van der Waals surface area (Å²) >= 11 is 7.55. The number of halogens is 1. The normalized spacial score (nSPS) is 18.8. The van der Waals surface area contributed by atoms with Gasteiger partial charge >= 0.3 is 5.97 Å². The minimum Gasteiger partial charge on any atom is -0.456 e. The summed E-state index contributed by atoms with van der Waals surface area (Å²) < 4.78 is 5.21. The molecule has 0 fully saturated rings. The van der Waals surface area contributed by atoms with Gasteiger partial charge in [0.25, 0.3) is 0 Å². The number of esters is 1. The fourth-order valence-electron chi connectivity index (χ4n) is 3.06. The molecule has 2 aliphatic heterocycles. The number of nitrogens with one attached hydrogen (secondary N) is 1. The van der Waals surface area contributed by atoms with Crippen molar-refractivity contribution in [1.29, 1.82) is 0 Å². The van der Waals surface area contributed by atoms with Crippen molar-refractivity contribution in [1.82, 2.24) is 9.97 Å². The second-order valence-electron chi connectivity index (χ2n) is 5.44. The first kappa shape index (κ1) is 15.3. The van der Waals surface area contributed by atoms with Gasteiger partial charge in [-0.1, -0.05) is 35.5 Å². The maximum Gasteiger partial charge on any atom is 0.337 e. The third-order valence-electron chi connectivity index (χ3n) is 4.06. The lowest BCUT2D eigenvalue weighted by atomic mass is 9.82. The van der Waals surface area contributed by atoms with Gasteiger partial charge in [-0.25, -0.2) is 14.8 Å². The molecule has 0 bridgehead atoms. The zero-order chi connectivity index (χ0) is 16.8. The topological polar surface area (TPSA) is 90.1 Å². The van der Waals surface area contributed by atoms with E-state index in [-0.39, 0.29) is 12.6 Å². The van der Waals surface area contributed by atoms with Gasteiger partial charge in [0.15, 0.2) is 5.16 Å². The molecule has 0 saturated heterocycles. The van der Waals surface area contributed by atoms with Crippen LogP contribution >= 0.6 is 23.4 Å². The number of rotatable bonds is 2.